The molecule has 6 heteroatoms. The van der Waals surface area contributed by atoms with Gasteiger partial charge in [-0.1, -0.05) is 31.5 Å². The number of amides is 2. The Balaban J connectivity index is 1.53. The first-order valence-corrected chi connectivity index (χ1v) is 10.2. The molecule has 0 aliphatic carbocycles. The second-order valence-electron chi connectivity index (χ2n) is 7.27. The summed E-state index contributed by atoms with van der Waals surface area (Å²) in [6.45, 7) is 4.71. The Morgan fingerprint density at radius 3 is 2.59 bits per heavy atom. The summed E-state index contributed by atoms with van der Waals surface area (Å²) in [5.41, 5.74) is 2.78. The summed E-state index contributed by atoms with van der Waals surface area (Å²) < 4.78 is 5.61. The van der Waals surface area contributed by atoms with E-state index >= 15 is 0 Å². The molecule has 0 spiro atoms. The molecule has 0 saturated carbocycles. The summed E-state index contributed by atoms with van der Waals surface area (Å²) >= 11 is 0. The van der Waals surface area contributed by atoms with Crippen molar-refractivity contribution in [1.82, 2.24) is 10.2 Å². The van der Waals surface area contributed by atoms with Crippen LogP contribution >= 0.6 is 0 Å². The number of ether oxygens (including phenoxy) is 1. The van der Waals surface area contributed by atoms with Gasteiger partial charge in [0.05, 0.1) is 13.2 Å². The summed E-state index contributed by atoms with van der Waals surface area (Å²) in [5, 5.41) is 2.74. The third-order valence-corrected chi connectivity index (χ3v) is 5.11. The van der Waals surface area contributed by atoms with Crippen molar-refractivity contribution in [3.8, 4) is 5.75 Å². The molecule has 0 bridgehead atoms. The lowest BCUT2D eigenvalue weighted by Crippen LogP contribution is -2.41. The molecular formula is C23H29N3O3. The average Bonchev–Trinajstić information content (AvgIpc) is 2.92. The van der Waals surface area contributed by atoms with Gasteiger partial charge < -0.3 is 19.9 Å². The number of carbonyl (C=O) groups is 2. The van der Waals surface area contributed by atoms with Crippen molar-refractivity contribution in [1.29, 1.82) is 0 Å². The number of nitrogens with zero attached hydrogens (tertiary/aromatic N) is 2. The topological polar surface area (TPSA) is 61.9 Å². The molecule has 6 nitrogen and oxygen atoms in total. The van der Waals surface area contributed by atoms with Crippen LogP contribution in [0.3, 0.4) is 0 Å². The number of hydrogen-bond donors (Lipinski definition) is 1. The van der Waals surface area contributed by atoms with E-state index in [0.29, 0.717) is 25.3 Å². The van der Waals surface area contributed by atoms with Crippen molar-refractivity contribution in [2.45, 2.75) is 26.3 Å². The van der Waals surface area contributed by atoms with Gasteiger partial charge in [0, 0.05) is 37.9 Å². The molecule has 2 aromatic carbocycles. The normalized spacial score (nSPS) is 13.4. The predicted molar refractivity (Wildman–Crippen MR) is 114 cm³/mol. The molecule has 2 aromatic rings. The van der Waals surface area contributed by atoms with Gasteiger partial charge in [-0.15, -0.1) is 0 Å². The van der Waals surface area contributed by atoms with Crippen LogP contribution in [-0.2, 0) is 11.3 Å². The lowest BCUT2D eigenvalue weighted by Gasteiger charge is -2.21. The highest BCUT2D eigenvalue weighted by atomic mass is 16.5. The summed E-state index contributed by atoms with van der Waals surface area (Å²) in [7, 11) is 2.03. The molecule has 2 amide bonds. The van der Waals surface area contributed by atoms with Crippen molar-refractivity contribution in [3.05, 3.63) is 59.7 Å². The number of hydrogen-bond acceptors (Lipinski definition) is 4. The number of nitrogens with one attached hydrogen (secondary N) is 1. The van der Waals surface area contributed by atoms with E-state index in [1.54, 1.807) is 29.2 Å². The number of anilines is 1. The Hall–Kier alpha value is -3.02. The van der Waals surface area contributed by atoms with E-state index in [1.165, 1.54) is 0 Å². The smallest absolute Gasteiger partial charge is 0.251 e. The van der Waals surface area contributed by atoms with Crippen LogP contribution < -0.4 is 15.0 Å². The Labute approximate surface area is 172 Å². The molecule has 1 aliphatic rings. The van der Waals surface area contributed by atoms with E-state index < -0.39 is 0 Å². The second kappa shape index (κ2) is 9.96. The fourth-order valence-corrected chi connectivity index (χ4v) is 3.31. The molecule has 0 fully saturated rings. The monoisotopic (exact) mass is 395 g/mol. The number of carbonyl (C=O) groups excluding carboxylic acids is 2. The Kier molecular flexibility index (Phi) is 7.11. The van der Waals surface area contributed by atoms with Gasteiger partial charge in [-0.3, -0.25) is 9.59 Å². The quantitative estimate of drug-likeness (QED) is 0.732. The Morgan fingerprint density at radius 1 is 1.07 bits per heavy atom. The maximum absolute atomic E-state index is 12.7. The van der Waals surface area contributed by atoms with Gasteiger partial charge in [0.25, 0.3) is 5.91 Å². The van der Waals surface area contributed by atoms with Crippen LogP contribution in [0, 0.1) is 0 Å². The fourth-order valence-electron chi connectivity index (χ4n) is 3.31. The molecular weight excluding hydrogens is 366 g/mol. The Morgan fingerprint density at radius 2 is 1.83 bits per heavy atom. The highest BCUT2D eigenvalue weighted by Crippen LogP contribution is 2.23. The van der Waals surface area contributed by atoms with Crippen LogP contribution in [0.4, 0.5) is 5.69 Å². The largest absolute Gasteiger partial charge is 0.494 e. The lowest BCUT2D eigenvalue weighted by molar-refractivity contribution is -0.130. The SMILES string of the molecule is CCCCOc1ccc(C(=O)NCC(=O)N2CCN(C)c3ccccc3C2)cc1. The fraction of sp³-hybridized carbons (Fsp3) is 0.391. The minimum Gasteiger partial charge on any atom is -0.494 e. The highest BCUT2D eigenvalue weighted by molar-refractivity contribution is 5.96. The first-order valence-electron chi connectivity index (χ1n) is 10.2. The molecule has 3 rings (SSSR count). The molecule has 0 aromatic heterocycles. The molecule has 1 N–H and O–H groups in total. The van der Waals surface area contributed by atoms with Gasteiger partial charge in [0.15, 0.2) is 0 Å². The lowest BCUT2D eigenvalue weighted by atomic mass is 10.1. The van der Waals surface area contributed by atoms with E-state index in [4.69, 9.17) is 4.74 Å². The molecule has 0 unspecified atom stereocenters. The van der Waals surface area contributed by atoms with E-state index in [-0.39, 0.29) is 18.4 Å². The van der Waals surface area contributed by atoms with Gasteiger partial charge in [-0.25, -0.2) is 0 Å². The van der Waals surface area contributed by atoms with Crippen LogP contribution in [0.1, 0.15) is 35.7 Å². The zero-order valence-corrected chi connectivity index (χ0v) is 17.2. The van der Waals surface area contributed by atoms with Gasteiger partial charge in [-0.05, 0) is 42.3 Å². The zero-order chi connectivity index (χ0) is 20.6. The standard InChI is InChI=1S/C23H29N3O3/c1-3-4-15-29-20-11-9-18(10-12-20)23(28)24-16-22(27)26-14-13-25(2)21-8-6-5-7-19(21)17-26/h5-12H,3-4,13-17H2,1-2H3,(H,24,28). The van der Waals surface area contributed by atoms with Crippen molar-refractivity contribution in [2.24, 2.45) is 0 Å². The van der Waals surface area contributed by atoms with Crippen molar-refractivity contribution < 1.29 is 14.3 Å². The zero-order valence-electron chi connectivity index (χ0n) is 17.2. The van der Waals surface area contributed by atoms with Gasteiger partial charge in [0.1, 0.15) is 5.75 Å². The third-order valence-electron chi connectivity index (χ3n) is 5.11. The maximum atomic E-state index is 12.7. The van der Waals surface area contributed by atoms with Crippen molar-refractivity contribution in [2.75, 3.05) is 38.2 Å². The van der Waals surface area contributed by atoms with Gasteiger partial charge in [-0.2, -0.15) is 0 Å². The van der Waals surface area contributed by atoms with Crippen LogP contribution in [0.2, 0.25) is 0 Å². The Bertz CT molecular complexity index is 836. The number of benzene rings is 2. The second-order valence-corrected chi connectivity index (χ2v) is 7.27. The molecule has 29 heavy (non-hydrogen) atoms. The van der Waals surface area contributed by atoms with Gasteiger partial charge in [0.2, 0.25) is 5.91 Å². The van der Waals surface area contributed by atoms with E-state index in [0.717, 1.165) is 36.4 Å². The van der Waals surface area contributed by atoms with Crippen molar-refractivity contribution in [3.63, 3.8) is 0 Å². The molecule has 0 atom stereocenters. The number of unbranched alkanes of at least 4 members (excludes halogenated alkanes) is 1. The predicted octanol–water partition coefficient (Wildman–Crippen LogP) is 3.07. The molecule has 0 saturated heterocycles. The van der Waals surface area contributed by atoms with Crippen LogP contribution in [0.15, 0.2) is 48.5 Å². The van der Waals surface area contributed by atoms with Gasteiger partial charge >= 0.3 is 0 Å². The van der Waals surface area contributed by atoms with Crippen LogP contribution in [0.25, 0.3) is 0 Å². The number of fused-ring (bicyclic) bond motifs is 1. The summed E-state index contributed by atoms with van der Waals surface area (Å²) in [5.74, 6) is 0.409. The minimum absolute atomic E-state index is 0.0144. The molecule has 1 aliphatic heterocycles. The summed E-state index contributed by atoms with van der Waals surface area (Å²) in [6.07, 6.45) is 2.08. The first kappa shape index (κ1) is 20.7. The van der Waals surface area contributed by atoms with Crippen LogP contribution in [0.5, 0.6) is 5.75 Å². The average molecular weight is 396 g/mol. The number of likely N-dealkylation sites (N-methyl/N-ethyl adjacent to an activating group) is 1. The van der Waals surface area contributed by atoms with Crippen LogP contribution in [-0.4, -0.2) is 50.0 Å². The molecule has 1 heterocycles. The third kappa shape index (κ3) is 5.50. The highest BCUT2D eigenvalue weighted by Gasteiger charge is 2.21. The van der Waals surface area contributed by atoms with E-state index in [2.05, 4.69) is 23.2 Å². The maximum Gasteiger partial charge on any atom is 0.251 e. The number of para-hydroxylation sites is 1. The summed E-state index contributed by atoms with van der Waals surface area (Å²) in [4.78, 5) is 29.0. The van der Waals surface area contributed by atoms with E-state index in [9.17, 15) is 9.59 Å². The molecule has 0 radical (unpaired) electrons. The molecule has 154 valence electrons. The minimum atomic E-state index is -0.259. The summed E-state index contributed by atoms with van der Waals surface area (Å²) in [6, 6.07) is 15.1. The van der Waals surface area contributed by atoms with E-state index in [1.807, 2.05) is 25.2 Å². The number of rotatable bonds is 7. The first-order chi connectivity index (χ1) is 14.1. The van der Waals surface area contributed by atoms with Crippen molar-refractivity contribution >= 4 is 17.5 Å².